The van der Waals surface area contributed by atoms with Gasteiger partial charge in [0.1, 0.15) is 0 Å². The molecule has 0 amide bonds. The van der Waals surface area contributed by atoms with Crippen LogP contribution in [0.5, 0.6) is 0 Å². The van der Waals surface area contributed by atoms with Crippen molar-refractivity contribution >= 4 is 44.9 Å². The first kappa shape index (κ1) is 29.8. The van der Waals surface area contributed by atoms with Crippen LogP contribution in [0.1, 0.15) is 41.7 Å². The van der Waals surface area contributed by atoms with E-state index in [9.17, 15) is 0 Å². The highest BCUT2D eigenvalue weighted by molar-refractivity contribution is 5.97. The number of anilines is 6. The van der Waals surface area contributed by atoms with E-state index in [2.05, 4.69) is 196 Å². The monoisotopic (exact) mass is 620 g/mol. The molecular formula is C46H40N2. The highest BCUT2D eigenvalue weighted by Crippen LogP contribution is 2.52. The number of para-hydroxylation sites is 1. The van der Waals surface area contributed by atoms with Gasteiger partial charge in [0.2, 0.25) is 0 Å². The third-order valence-corrected chi connectivity index (χ3v) is 9.91. The maximum absolute atomic E-state index is 2.44. The largest absolute Gasteiger partial charge is 0.310 e. The molecule has 0 atom stereocenters. The molecule has 0 saturated carbocycles. The van der Waals surface area contributed by atoms with Crippen LogP contribution in [-0.4, -0.2) is 0 Å². The molecule has 48 heavy (non-hydrogen) atoms. The predicted molar refractivity (Wildman–Crippen MR) is 205 cm³/mol. The van der Waals surface area contributed by atoms with Crippen LogP contribution < -0.4 is 9.80 Å². The molecule has 1 aliphatic carbocycles. The van der Waals surface area contributed by atoms with Crippen LogP contribution in [0.3, 0.4) is 0 Å². The van der Waals surface area contributed by atoms with Gasteiger partial charge < -0.3 is 9.80 Å². The summed E-state index contributed by atoms with van der Waals surface area (Å²) >= 11 is 0. The van der Waals surface area contributed by atoms with Crippen LogP contribution in [0.25, 0.3) is 21.9 Å². The molecule has 0 radical (unpaired) electrons. The van der Waals surface area contributed by atoms with Gasteiger partial charge in [-0.2, -0.15) is 0 Å². The molecule has 1 aliphatic rings. The second-order valence-corrected chi connectivity index (χ2v) is 13.8. The summed E-state index contributed by atoms with van der Waals surface area (Å²) in [7, 11) is 0. The Labute approximate surface area is 284 Å². The minimum atomic E-state index is -0.161. The summed E-state index contributed by atoms with van der Waals surface area (Å²) in [5.74, 6) is 0. The van der Waals surface area contributed by atoms with Gasteiger partial charge in [0.15, 0.2) is 0 Å². The fourth-order valence-electron chi connectivity index (χ4n) is 7.51. The number of benzene rings is 7. The zero-order chi connectivity index (χ0) is 33.0. The minimum Gasteiger partial charge on any atom is -0.310 e. The molecule has 0 fully saturated rings. The van der Waals surface area contributed by atoms with Gasteiger partial charge >= 0.3 is 0 Å². The summed E-state index contributed by atoms with van der Waals surface area (Å²) in [5.41, 5.74) is 16.0. The molecule has 0 aromatic heterocycles. The minimum absolute atomic E-state index is 0.161. The van der Waals surface area contributed by atoms with Crippen LogP contribution in [0, 0.1) is 20.8 Å². The van der Waals surface area contributed by atoms with Crippen molar-refractivity contribution in [1.82, 2.24) is 0 Å². The van der Waals surface area contributed by atoms with Gasteiger partial charge in [0.05, 0.1) is 0 Å². The van der Waals surface area contributed by atoms with Crippen molar-refractivity contribution in [2.45, 2.75) is 40.0 Å². The topological polar surface area (TPSA) is 6.48 Å². The molecule has 2 nitrogen and oxygen atoms in total. The van der Waals surface area contributed by atoms with E-state index in [1.807, 2.05) is 0 Å². The van der Waals surface area contributed by atoms with Gasteiger partial charge in [0.25, 0.3) is 0 Å². The first-order valence-electron chi connectivity index (χ1n) is 16.8. The number of rotatable bonds is 6. The maximum atomic E-state index is 2.44. The Morgan fingerprint density at radius 3 is 1.42 bits per heavy atom. The molecule has 7 aromatic carbocycles. The van der Waals surface area contributed by atoms with E-state index >= 15 is 0 Å². The molecule has 0 heterocycles. The number of aryl methyl sites for hydroxylation is 3. The van der Waals surface area contributed by atoms with E-state index in [1.165, 1.54) is 66.8 Å². The normalized spacial score (nSPS) is 12.9. The summed E-state index contributed by atoms with van der Waals surface area (Å²) < 4.78 is 0. The fraction of sp³-hybridized carbons (Fsp3) is 0.130. The molecule has 0 unspecified atom stereocenters. The zero-order valence-corrected chi connectivity index (χ0v) is 28.3. The zero-order valence-electron chi connectivity index (χ0n) is 28.3. The predicted octanol–water partition coefficient (Wildman–Crippen LogP) is 13.0. The Kier molecular flexibility index (Phi) is 7.18. The molecule has 8 rings (SSSR count). The average Bonchev–Trinajstić information content (AvgIpc) is 3.29. The molecular weight excluding hydrogens is 581 g/mol. The lowest BCUT2D eigenvalue weighted by Crippen LogP contribution is -2.16. The Hall–Kier alpha value is -5.60. The standard InChI is InChI=1S/C46H40N2/c1-31-12-9-17-37(24-31)47(36-15-7-6-8-16-36)40-21-20-34-28-43-42-23-22-41(30-45(42)46(4,5)44(43)29-35(34)27-40)48(38-18-10-13-32(2)25-38)39-19-11-14-33(3)26-39/h6-30H,1-5H3. The van der Waals surface area contributed by atoms with Crippen LogP contribution >= 0.6 is 0 Å². The lowest BCUT2D eigenvalue weighted by Gasteiger charge is -2.28. The van der Waals surface area contributed by atoms with Gasteiger partial charge in [-0.3, -0.25) is 0 Å². The smallest absolute Gasteiger partial charge is 0.0468 e. The second kappa shape index (κ2) is 11.6. The maximum Gasteiger partial charge on any atom is 0.0468 e. The van der Waals surface area contributed by atoms with Crippen molar-refractivity contribution < 1.29 is 0 Å². The fourth-order valence-corrected chi connectivity index (χ4v) is 7.51. The van der Waals surface area contributed by atoms with E-state index in [0.717, 1.165) is 17.1 Å². The number of hydrogen-bond donors (Lipinski definition) is 0. The third kappa shape index (κ3) is 5.15. The molecule has 7 aromatic rings. The summed E-state index contributed by atoms with van der Waals surface area (Å²) in [4.78, 5) is 4.75. The van der Waals surface area contributed by atoms with Crippen molar-refractivity contribution in [3.05, 3.63) is 179 Å². The van der Waals surface area contributed by atoms with E-state index in [1.54, 1.807) is 0 Å². The van der Waals surface area contributed by atoms with E-state index < -0.39 is 0 Å². The molecule has 234 valence electrons. The van der Waals surface area contributed by atoms with Gasteiger partial charge in [-0.1, -0.05) is 80.6 Å². The first-order valence-corrected chi connectivity index (χ1v) is 16.8. The van der Waals surface area contributed by atoms with E-state index in [0.29, 0.717) is 0 Å². The quantitative estimate of drug-likeness (QED) is 0.182. The molecule has 0 saturated heterocycles. The van der Waals surface area contributed by atoms with Crippen LogP contribution in [-0.2, 0) is 5.41 Å². The van der Waals surface area contributed by atoms with Crippen molar-refractivity contribution in [2.24, 2.45) is 0 Å². The Balaban J connectivity index is 1.24. The molecule has 0 bridgehead atoms. The van der Waals surface area contributed by atoms with Crippen LogP contribution in [0.4, 0.5) is 34.1 Å². The molecule has 0 aliphatic heterocycles. The Morgan fingerprint density at radius 1 is 0.354 bits per heavy atom. The summed E-state index contributed by atoms with van der Waals surface area (Å²) in [6.45, 7) is 11.2. The number of hydrogen-bond acceptors (Lipinski definition) is 2. The highest BCUT2D eigenvalue weighted by atomic mass is 15.1. The SMILES string of the molecule is Cc1cccc(N(c2cccc(C)c2)c2ccc3c(c2)C(C)(C)c2cc4cc(N(c5ccccc5)c5cccc(C)c5)ccc4cc2-3)c1. The second-order valence-electron chi connectivity index (χ2n) is 13.8. The molecule has 2 heteroatoms. The summed E-state index contributed by atoms with van der Waals surface area (Å²) in [5, 5.41) is 2.51. The molecule has 0 spiro atoms. The van der Waals surface area contributed by atoms with Gasteiger partial charge in [-0.25, -0.2) is 0 Å². The average molecular weight is 621 g/mol. The summed E-state index contributed by atoms with van der Waals surface area (Å²) in [6.07, 6.45) is 0. The van der Waals surface area contributed by atoms with Crippen molar-refractivity contribution in [2.75, 3.05) is 9.80 Å². The van der Waals surface area contributed by atoms with Crippen LogP contribution in [0.15, 0.2) is 152 Å². The van der Waals surface area contributed by atoms with Crippen LogP contribution in [0.2, 0.25) is 0 Å². The molecule has 0 N–H and O–H groups in total. The van der Waals surface area contributed by atoms with Crippen molar-refractivity contribution in [3.8, 4) is 11.1 Å². The van der Waals surface area contributed by atoms with Crippen molar-refractivity contribution in [3.63, 3.8) is 0 Å². The van der Waals surface area contributed by atoms with Gasteiger partial charge in [-0.15, -0.1) is 0 Å². The lowest BCUT2D eigenvalue weighted by molar-refractivity contribution is 0.661. The van der Waals surface area contributed by atoms with Gasteiger partial charge in [0, 0.05) is 39.5 Å². The highest BCUT2D eigenvalue weighted by Gasteiger charge is 2.36. The number of nitrogens with zero attached hydrogens (tertiary/aromatic N) is 2. The van der Waals surface area contributed by atoms with E-state index in [-0.39, 0.29) is 5.41 Å². The van der Waals surface area contributed by atoms with Gasteiger partial charge in [-0.05, 0) is 155 Å². The summed E-state index contributed by atoms with van der Waals surface area (Å²) in [6, 6.07) is 55.8. The van der Waals surface area contributed by atoms with E-state index in [4.69, 9.17) is 0 Å². The lowest BCUT2D eigenvalue weighted by atomic mass is 9.81. The number of fused-ring (bicyclic) bond motifs is 4. The third-order valence-electron chi connectivity index (χ3n) is 9.91. The Morgan fingerprint density at radius 2 is 0.833 bits per heavy atom. The van der Waals surface area contributed by atoms with Crippen molar-refractivity contribution in [1.29, 1.82) is 0 Å². The Bertz CT molecular complexity index is 2270. The first-order chi connectivity index (χ1) is 23.3.